The monoisotopic (exact) mass is 392 g/mol. The predicted octanol–water partition coefficient (Wildman–Crippen LogP) is 7.26. The van der Waals surface area contributed by atoms with Gasteiger partial charge in [0.2, 0.25) is 0 Å². The Kier molecular flexibility index (Phi) is 8.30. The average molecular weight is 393 g/mol. The predicted molar refractivity (Wildman–Crippen MR) is 114 cm³/mol. The van der Waals surface area contributed by atoms with Crippen molar-refractivity contribution >= 4 is 0 Å². The van der Waals surface area contributed by atoms with E-state index in [1.54, 1.807) is 12.1 Å². The summed E-state index contributed by atoms with van der Waals surface area (Å²) >= 11 is 0. The molecule has 0 heterocycles. The van der Waals surface area contributed by atoms with Crippen LogP contribution in [0.25, 0.3) is 0 Å². The molecule has 0 amide bonds. The molecule has 0 spiro atoms. The molecule has 0 unspecified atom stereocenters. The molecule has 3 rings (SSSR count). The number of unbranched alkanes of at least 4 members (excludes halogenated alkanes) is 1. The van der Waals surface area contributed by atoms with Gasteiger partial charge < -0.3 is 0 Å². The van der Waals surface area contributed by atoms with Gasteiger partial charge in [0.05, 0.1) is 11.6 Å². The highest BCUT2D eigenvalue weighted by Crippen LogP contribution is 2.42. The maximum absolute atomic E-state index is 13.2. The maximum atomic E-state index is 13.2. The largest absolute Gasteiger partial charge is 0.196 e. The molecule has 2 nitrogen and oxygen atoms in total. The molecule has 154 valence electrons. The lowest BCUT2D eigenvalue weighted by Crippen LogP contribution is -2.25. The van der Waals surface area contributed by atoms with Gasteiger partial charge in [-0.25, -0.2) is 0 Å². The van der Waals surface area contributed by atoms with Crippen LogP contribution in [0.15, 0.2) is 36.2 Å². The van der Waals surface area contributed by atoms with E-state index in [2.05, 4.69) is 18.2 Å². The lowest BCUT2D eigenvalue weighted by Gasteiger charge is -2.37. The molecule has 0 atom stereocenters. The minimum absolute atomic E-state index is 0.276. The summed E-state index contributed by atoms with van der Waals surface area (Å²) in [6.07, 6.45) is 16.6. The summed E-state index contributed by atoms with van der Waals surface area (Å²) in [6.45, 7) is 0. The van der Waals surface area contributed by atoms with Crippen LogP contribution < -0.4 is 0 Å². The van der Waals surface area contributed by atoms with Crippen molar-refractivity contribution in [3.63, 3.8) is 0 Å². The van der Waals surface area contributed by atoms with Gasteiger partial charge in [-0.15, -0.1) is 0 Å². The lowest BCUT2D eigenvalue weighted by atomic mass is 9.68. The Morgan fingerprint density at radius 2 is 1.52 bits per heavy atom. The zero-order chi connectivity index (χ0) is 20.5. The Bertz CT molecular complexity index is 736. The number of nitrogens with zero attached hydrogens (tertiary/aromatic N) is 2. The molecule has 1 aromatic carbocycles. The average Bonchev–Trinajstić information content (AvgIpc) is 2.78. The van der Waals surface area contributed by atoms with E-state index >= 15 is 0 Å². The fourth-order valence-corrected chi connectivity index (χ4v) is 5.48. The molecular formula is C26H33FN2. The van der Waals surface area contributed by atoms with Gasteiger partial charge in [-0.05, 0) is 98.8 Å². The van der Waals surface area contributed by atoms with Crippen LogP contribution >= 0.6 is 0 Å². The van der Waals surface area contributed by atoms with Gasteiger partial charge in [0.1, 0.15) is 6.07 Å². The van der Waals surface area contributed by atoms with Crippen molar-refractivity contribution in [1.29, 1.82) is 10.5 Å². The smallest absolute Gasteiger partial charge is 0.195 e. The van der Waals surface area contributed by atoms with Crippen molar-refractivity contribution in [2.75, 3.05) is 0 Å². The molecule has 2 aliphatic rings. The third kappa shape index (κ3) is 6.71. The molecule has 0 radical (unpaired) electrons. The Morgan fingerprint density at radius 3 is 2.10 bits per heavy atom. The first-order chi connectivity index (χ1) is 14.2. The van der Waals surface area contributed by atoms with Crippen molar-refractivity contribution in [2.45, 2.75) is 77.0 Å². The van der Waals surface area contributed by atoms with Gasteiger partial charge >= 0.3 is 0 Å². The maximum Gasteiger partial charge on any atom is 0.196 e. The van der Waals surface area contributed by atoms with Crippen LogP contribution in [-0.4, -0.2) is 0 Å². The van der Waals surface area contributed by atoms with Crippen LogP contribution in [0.4, 0.5) is 4.39 Å². The third-order valence-corrected chi connectivity index (χ3v) is 7.27. The van der Waals surface area contributed by atoms with E-state index in [0.29, 0.717) is 0 Å². The minimum Gasteiger partial charge on any atom is -0.195 e. The van der Waals surface area contributed by atoms with Gasteiger partial charge in [-0.3, -0.25) is 0 Å². The topological polar surface area (TPSA) is 47.6 Å². The number of hydrogen-bond acceptors (Lipinski definition) is 2. The van der Waals surface area contributed by atoms with Crippen molar-refractivity contribution < 1.29 is 4.39 Å². The van der Waals surface area contributed by atoms with Crippen molar-refractivity contribution in [3.05, 3.63) is 47.3 Å². The molecular weight excluding hydrogens is 359 g/mol. The van der Waals surface area contributed by atoms with Crippen LogP contribution in [0.5, 0.6) is 0 Å². The van der Waals surface area contributed by atoms with Gasteiger partial charge in [0, 0.05) is 0 Å². The molecule has 29 heavy (non-hydrogen) atoms. The first-order valence-electron chi connectivity index (χ1n) is 11.4. The number of benzene rings is 1. The first-order valence-corrected chi connectivity index (χ1v) is 11.4. The Labute approximate surface area is 175 Å². The van der Waals surface area contributed by atoms with E-state index in [1.165, 1.54) is 63.4 Å². The zero-order valence-corrected chi connectivity index (χ0v) is 17.5. The molecule has 0 bridgehead atoms. The lowest BCUT2D eigenvalue weighted by molar-refractivity contribution is 0.151. The molecule has 0 aromatic heterocycles. The van der Waals surface area contributed by atoms with E-state index in [4.69, 9.17) is 10.5 Å². The van der Waals surface area contributed by atoms with Crippen LogP contribution in [0.3, 0.4) is 0 Å². The van der Waals surface area contributed by atoms with Crippen molar-refractivity contribution in [2.24, 2.45) is 23.7 Å². The Hall–Kier alpha value is -2.13. The highest BCUT2D eigenvalue weighted by atomic mass is 19.1. The van der Waals surface area contributed by atoms with Crippen molar-refractivity contribution in [3.8, 4) is 12.1 Å². The van der Waals surface area contributed by atoms with E-state index in [1.807, 2.05) is 12.1 Å². The highest BCUT2D eigenvalue weighted by molar-refractivity contribution is 5.31. The minimum atomic E-state index is -0.604. The number of allylic oxidation sites excluding steroid dienone is 2. The molecule has 0 aliphatic heterocycles. The van der Waals surface area contributed by atoms with Gasteiger partial charge in [-0.2, -0.15) is 14.9 Å². The van der Waals surface area contributed by atoms with Gasteiger partial charge in [0.15, 0.2) is 5.83 Å². The van der Waals surface area contributed by atoms with Crippen LogP contribution in [0, 0.1) is 46.3 Å². The fraction of sp³-hybridized carbons (Fsp3) is 0.615. The first kappa shape index (κ1) is 21.6. The number of rotatable bonds is 7. The third-order valence-electron chi connectivity index (χ3n) is 7.27. The summed E-state index contributed by atoms with van der Waals surface area (Å²) in [7, 11) is 0. The van der Waals surface area contributed by atoms with Gasteiger partial charge in [0.25, 0.3) is 0 Å². The second-order valence-corrected chi connectivity index (χ2v) is 9.14. The highest BCUT2D eigenvalue weighted by Gasteiger charge is 2.30. The normalized spacial score (nSPS) is 27.8. The summed E-state index contributed by atoms with van der Waals surface area (Å²) in [5.41, 5.74) is 2.08. The van der Waals surface area contributed by atoms with E-state index in [0.717, 1.165) is 42.6 Å². The second-order valence-electron chi connectivity index (χ2n) is 9.14. The molecule has 3 heteroatoms. The molecule has 2 saturated carbocycles. The van der Waals surface area contributed by atoms with Crippen LogP contribution in [0.2, 0.25) is 0 Å². The van der Waals surface area contributed by atoms with E-state index < -0.39 is 5.83 Å². The second kappa shape index (κ2) is 11.2. The Morgan fingerprint density at radius 1 is 0.897 bits per heavy atom. The van der Waals surface area contributed by atoms with Crippen LogP contribution in [0.1, 0.15) is 81.8 Å². The van der Waals surface area contributed by atoms with Crippen LogP contribution in [-0.2, 0) is 6.42 Å². The standard InChI is InChI=1S/C26H33FN2/c27-26(19-29)17-22-11-15-25(16-12-22)24-13-9-21(10-14-24)4-2-1-3-20-5-7-23(18-28)8-6-20/h5-8,17,21-22,24-25H,1-4,9-16H2/b26-17-. The molecule has 1 aromatic rings. The molecule has 2 aliphatic carbocycles. The fourth-order valence-electron chi connectivity index (χ4n) is 5.48. The summed E-state index contributed by atoms with van der Waals surface area (Å²) in [5, 5.41) is 17.5. The molecule has 0 saturated heterocycles. The summed E-state index contributed by atoms with van der Waals surface area (Å²) in [6, 6.07) is 11.8. The number of aryl methyl sites for hydroxylation is 1. The van der Waals surface area contributed by atoms with E-state index in [-0.39, 0.29) is 5.92 Å². The van der Waals surface area contributed by atoms with Crippen molar-refractivity contribution in [1.82, 2.24) is 0 Å². The summed E-state index contributed by atoms with van der Waals surface area (Å²) < 4.78 is 13.2. The molecule has 2 fully saturated rings. The SMILES string of the molecule is N#C/C(F)=C/C1CCC(C2CCC(CCCCc3ccc(C#N)cc3)CC2)CC1. The summed E-state index contributed by atoms with van der Waals surface area (Å²) in [5.74, 6) is 2.26. The molecule has 0 N–H and O–H groups in total. The number of halogens is 1. The summed E-state index contributed by atoms with van der Waals surface area (Å²) in [4.78, 5) is 0. The number of hydrogen-bond donors (Lipinski definition) is 0. The zero-order valence-electron chi connectivity index (χ0n) is 17.5. The quantitative estimate of drug-likeness (QED) is 0.362. The van der Waals surface area contributed by atoms with E-state index in [9.17, 15) is 4.39 Å². The van der Waals surface area contributed by atoms with Gasteiger partial charge in [-0.1, -0.05) is 37.8 Å². The Balaban J connectivity index is 1.30. The number of nitriles is 2.